The Balaban J connectivity index is 0.00000196. The second kappa shape index (κ2) is 10.0. The Morgan fingerprint density at radius 3 is 2.75 bits per heavy atom. The van der Waals surface area contributed by atoms with Crippen LogP contribution in [0.5, 0.6) is 11.6 Å². The van der Waals surface area contributed by atoms with Crippen LogP contribution in [0, 0.1) is 13.8 Å². The van der Waals surface area contributed by atoms with Crippen LogP contribution in [-0.4, -0.2) is 29.4 Å². The summed E-state index contributed by atoms with van der Waals surface area (Å²) < 4.78 is 32.2. The van der Waals surface area contributed by atoms with Gasteiger partial charge in [0.2, 0.25) is 11.8 Å². The molecule has 1 atom stereocenters. The Labute approximate surface area is 175 Å². The molecule has 0 spiro atoms. The standard InChI is InChI=1S/C19H21F2N3O2.2ClH/c1-12-4-3-5-16(13(12)2)26-17-8-14(6-7-22-17)10-23-18(25)15-9-19(20,21)11-24-15;;/h3-8,15,24H,9-11H2,1-2H3,(H,23,25);2*1H. The van der Waals surface area contributed by atoms with Crippen molar-refractivity contribution in [3.05, 3.63) is 53.2 Å². The molecular formula is C19H23Cl2F2N3O2. The van der Waals surface area contributed by atoms with Crippen molar-refractivity contribution in [1.82, 2.24) is 15.6 Å². The Bertz CT molecular complexity index is 822. The number of rotatable bonds is 5. The third-order valence-corrected chi connectivity index (χ3v) is 4.46. The van der Waals surface area contributed by atoms with Crippen molar-refractivity contribution in [3.8, 4) is 11.6 Å². The molecule has 1 aliphatic heterocycles. The summed E-state index contributed by atoms with van der Waals surface area (Å²) in [6, 6.07) is 8.38. The predicted molar refractivity (Wildman–Crippen MR) is 108 cm³/mol. The number of amides is 1. The van der Waals surface area contributed by atoms with Gasteiger partial charge in [0.25, 0.3) is 5.92 Å². The normalized spacial score (nSPS) is 17.2. The van der Waals surface area contributed by atoms with E-state index in [1.165, 1.54) is 0 Å². The molecule has 1 unspecified atom stereocenters. The highest BCUT2D eigenvalue weighted by molar-refractivity contribution is 5.85. The van der Waals surface area contributed by atoms with Gasteiger partial charge in [0.1, 0.15) is 5.75 Å². The molecule has 1 aromatic heterocycles. The summed E-state index contributed by atoms with van der Waals surface area (Å²) in [7, 11) is 0. The second-order valence-corrected chi connectivity index (χ2v) is 6.51. The summed E-state index contributed by atoms with van der Waals surface area (Å²) >= 11 is 0. The Kier molecular flexibility index (Phi) is 8.60. The molecule has 28 heavy (non-hydrogen) atoms. The number of alkyl halides is 2. The van der Waals surface area contributed by atoms with Gasteiger partial charge in [0, 0.05) is 25.2 Å². The highest BCUT2D eigenvalue weighted by atomic mass is 35.5. The van der Waals surface area contributed by atoms with E-state index in [-0.39, 0.29) is 31.4 Å². The third-order valence-electron chi connectivity index (χ3n) is 4.46. The number of ether oxygens (including phenoxy) is 1. The number of aromatic nitrogens is 1. The van der Waals surface area contributed by atoms with Gasteiger partial charge in [-0.15, -0.1) is 24.8 Å². The van der Waals surface area contributed by atoms with E-state index in [4.69, 9.17) is 4.74 Å². The van der Waals surface area contributed by atoms with E-state index < -0.39 is 30.8 Å². The van der Waals surface area contributed by atoms with Crippen LogP contribution in [0.15, 0.2) is 36.5 Å². The van der Waals surface area contributed by atoms with Crippen LogP contribution in [0.2, 0.25) is 0 Å². The number of pyridine rings is 1. The fraction of sp³-hybridized carbons (Fsp3) is 0.368. The fourth-order valence-electron chi connectivity index (χ4n) is 2.78. The first-order valence-electron chi connectivity index (χ1n) is 8.42. The molecule has 2 heterocycles. The van der Waals surface area contributed by atoms with E-state index >= 15 is 0 Å². The van der Waals surface area contributed by atoms with Gasteiger partial charge in [-0.25, -0.2) is 13.8 Å². The molecule has 0 saturated carbocycles. The fourth-order valence-corrected chi connectivity index (χ4v) is 2.78. The average molecular weight is 434 g/mol. The minimum absolute atomic E-state index is 0. The Morgan fingerprint density at radius 1 is 1.32 bits per heavy atom. The monoisotopic (exact) mass is 433 g/mol. The number of nitrogens with one attached hydrogen (secondary N) is 2. The van der Waals surface area contributed by atoms with E-state index in [2.05, 4.69) is 15.6 Å². The number of halogens is 4. The Morgan fingerprint density at radius 2 is 2.07 bits per heavy atom. The van der Waals surface area contributed by atoms with Crippen LogP contribution in [0.1, 0.15) is 23.1 Å². The van der Waals surface area contributed by atoms with Crippen LogP contribution >= 0.6 is 24.8 Å². The maximum Gasteiger partial charge on any atom is 0.262 e. The lowest BCUT2D eigenvalue weighted by Gasteiger charge is -2.12. The Hall–Kier alpha value is -1.96. The second-order valence-electron chi connectivity index (χ2n) is 6.51. The molecule has 154 valence electrons. The zero-order valence-electron chi connectivity index (χ0n) is 15.5. The van der Waals surface area contributed by atoms with E-state index in [1.54, 1.807) is 18.3 Å². The molecule has 1 aromatic carbocycles. The first-order valence-corrected chi connectivity index (χ1v) is 8.42. The number of hydrogen-bond acceptors (Lipinski definition) is 4. The van der Waals surface area contributed by atoms with E-state index in [9.17, 15) is 13.6 Å². The number of carbonyl (C=O) groups is 1. The van der Waals surface area contributed by atoms with Crippen LogP contribution < -0.4 is 15.4 Å². The number of benzene rings is 1. The summed E-state index contributed by atoms with van der Waals surface area (Å²) in [5.41, 5.74) is 2.92. The first kappa shape index (κ1) is 24.1. The quantitative estimate of drug-likeness (QED) is 0.749. The topological polar surface area (TPSA) is 63.2 Å². The van der Waals surface area contributed by atoms with Gasteiger partial charge in [0.15, 0.2) is 0 Å². The summed E-state index contributed by atoms with van der Waals surface area (Å²) in [6.45, 7) is 3.73. The minimum Gasteiger partial charge on any atom is -0.439 e. The maximum absolute atomic E-state index is 13.2. The van der Waals surface area contributed by atoms with Crippen LogP contribution in [-0.2, 0) is 11.3 Å². The number of carbonyl (C=O) groups excluding carboxylic acids is 1. The summed E-state index contributed by atoms with van der Waals surface area (Å²) in [5, 5.41) is 5.21. The highest BCUT2D eigenvalue weighted by Gasteiger charge is 2.42. The van der Waals surface area contributed by atoms with E-state index in [1.807, 2.05) is 32.0 Å². The lowest BCUT2D eigenvalue weighted by Crippen LogP contribution is -2.40. The lowest BCUT2D eigenvalue weighted by molar-refractivity contribution is -0.123. The van der Waals surface area contributed by atoms with Crippen LogP contribution in [0.4, 0.5) is 8.78 Å². The average Bonchev–Trinajstić information content (AvgIpc) is 2.97. The molecule has 3 rings (SSSR count). The molecule has 1 fully saturated rings. The van der Waals surface area contributed by atoms with Crippen molar-refractivity contribution in [2.24, 2.45) is 0 Å². The van der Waals surface area contributed by atoms with Crippen LogP contribution in [0.3, 0.4) is 0 Å². The molecule has 0 bridgehead atoms. The van der Waals surface area contributed by atoms with Gasteiger partial charge in [0.05, 0.1) is 12.6 Å². The maximum atomic E-state index is 13.2. The summed E-state index contributed by atoms with van der Waals surface area (Å²) in [5.74, 6) is -2.13. The van der Waals surface area contributed by atoms with Crippen LogP contribution in [0.25, 0.3) is 0 Å². The number of aryl methyl sites for hydroxylation is 1. The molecule has 9 heteroatoms. The first-order chi connectivity index (χ1) is 12.3. The predicted octanol–water partition coefficient (Wildman–Crippen LogP) is 3.95. The molecule has 0 radical (unpaired) electrons. The van der Waals surface area contributed by atoms with E-state index in [0.717, 1.165) is 22.4 Å². The molecular weight excluding hydrogens is 411 g/mol. The molecule has 5 nitrogen and oxygen atoms in total. The molecule has 0 aliphatic carbocycles. The summed E-state index contributed by atoms with van der Waals surface area (Å²) in [6.07, 6.45) is 1.11. The van der Waals surface area contributed by atoms with Gasteiger partial charge in [-0.3, -0.25) is 10.1 Å². The lowest BCUT2D eigenvalue weighted by atomic mass is 10.1. The van der Waals surface area contributed by atoms with Gasteiger partial charge in [-0.2, -0.15) is 0 Å². The smallest absolute Gasteiger partial charge is 0.262 e. The third kappa shape index (κ3) is 6.02. The van der Waals surface area contributed by atoms with Crippen molar-refractivity contribution in [3.63, 3.8) is 0 Å². The molecule has 2 aromatic rings. The van der Waals surface area contributed by atoms with Crippen molar-refractivity contribution in [1.29, 1.82) is 0 Å². The number of hydrogen-bond donors (Lipinski definition) is 2. The van der Waals surface area contributed by atoms with Crippen molar-refractivity contribution < 1.29 is 18.3 Å². The minimum atomic E-state index is -2.83. The number of nitrogens with zero attached hydrogens (tertiary/aromatic N) is 1. The van der Waals surface area contributed by atoms with Gasteiger partial charge in [-0.1, -0.05) is 12.1 Å². The van der Waals surface area contributed by atoms with Crippen molar-refractivity contribution in [2.45, 2.75) is 38.8 Å². The zero-order valence-corrected chi connectivity index (χ0v) is 17.1. The molecule has 2 N–H and O–H groups in total. The summed E-state index contributed by atoms with van der Waals surface area (Å²) in [4.78, 5) is 16.2. The van der Waals surface area contributed by atoms with Gasteiger partial charge < -0.3 is 10.1 Å². The highest BCUT2D eigenvalue weighted by Crippen LogP contribution is 2.26. The van der Waals surface area contributed by atoms with Gasteiger partial charge >= 0.3 is 0 Å². The van der Waals surface area contributed by atoms with Gasteiger partial charge in [-0.05, 0) is 42.7 Å². The van der Waals surface area contributed by atoms with E-state index in [0.29, 0.717) is 5.88 Å². The zero-order chi connectivity index (χ0) is 18.7. The van der Waals surface area contributed by atoms with Crippen molar-refractivity contribution in [2.75, 3.05) is 6.54 Å². The largest absolute Gasteiger partial charge is 0.439 e. The molecule has 1 aliphatic rings. The molecule has 1 saturated heterocycles. The SMILES string of the molecule is Cc1cccc(Oc2cc(CNC(=O)C3CC(F)(F)CN3)ccn2)c1C.Cl.Cl. The molecule has 1 amide bonds. The van der Waals surface area contributed by atoms with Crippen molar-refractivity contribution >= 4 is 30.7 Å².